The van der Waals surface area contributed by atoms with Crippen molar-refractivity contribution in [3.05, 3.63) is 42.4 Å². The minimum atomic E-state index is 0.232. The number of carbonyl (C=O) groups excluding carboxylic acids is 1. The van der Waals surface area contributed by atoms with Crippen molar-refractivity contribution in [1.82, 2.24) is 9.88 Å². The van der Waals surface area contributed by atoms with Gasteiger partial charge in [-0.3, -0.25) is 4.90 Å². The van der Waals surface area contributed by atoms with Gasteiger partial charge in [0.1, 0.15) is 6.29 Å². The Morgan fingerprint density at radius 3 is 2.70 bits per heavy atom. The van der Waals surface area contributed by atoms with E-state index in [0.29, 0.717) is 0 Å². The average Bonchev–Trinajstić information content (AvgIpc) is 2.97. The Kier molecular flexibility index (Phi) is 3.92. The molecule has 1 fully saturated rings. The van der Waals surface area contributed by atoms with Crippen LogP contribution in [0.5, 0.6) is 0 Å². The van der Waals surface area contributed by atoms with Crippen LogP contribution >= 0.6 is 0 Å². The van der Waals surface area contributed by atoms with E-state index in [1.54, 1.807) is 6.20 Å². The number of piperidine rings is 1. The summed E-state index contributed by atoms with van der Waals surface area (Å²) in [6.45, 7) is 2.59. The molecule has 0 aliphatic carbocycles. The number of hydrogen-bond acceptors (Lipinski definition) is 4. The van der Waals surface area contributed by atoms with E-state index < -0.39 is 0 Å². The molecule has 0 unspecified atom stereocenters. The number of benzene rings is 1. The maximum absolute atomic E-state index is 10.7. The first kappa shape index (κ1) is 13.1. The number of rotatable bonds is 4. The number of carbonyl (C=O) groups is 1. The Hall–Kier alpha value is -1.94. The van der Waals surface area contributed by atoms with Gasteiger partial charge >= 0.3 is 0 Å². The maximum Gasteiger partial charge on any atom is 0.209 e. The molecule has 0 saturated carbocycles. The van der Waals surface area contributed by atoms with Crippen LogP contribution in [0.4, 0.5) is 0 Å². The van der Waals surface area contributed by atoms with Crippen LogP contribution in [0.15, 0.2) is 40.9 Å². The van der Waals surface area contributed by atoms with Crippen LogP contribution in [-0.4, -0.2) is 29.3 Å². The summed E-state index contributed by atoms with van der Waals surface area (Å²) in [6.07, 6.45) is 4.74. The molecule has 4 heteroatoms. The van der Waals surface area contributed by atoms with Gasteiger partial charge in [-0.25, -0.2) is 4.98 Å². The van der Waals surface area contributed by atoms with Crippen LogP contribution in [0.25, 0.3) is 11.3 Å². The molecule has 1 aliphatic heterocycles. The smallest absolute Gasteiger partial charge is 0.209 e. The van der Waals surface area contributed by atoms with E-state index >= 15 is 0 Å². The quantitative estimate of drug-likeness (QED) is 0.801. The van der Waals surface area contributed by atoms with E-state index in [-0.39, 0.29) is 5.92 Å². The molecule has 0 N–H and O–H groups in total. The van der Waals surface area contributed by atoms with E-state index in [4.69, 9.17) is 4.42 Å². The Bertz CT molecular complexity index is 557. The average molecular weight is 270 g/mol. The summed E-state index contributed by atoms with van der Waals surface area (Å²) in [4.78, 5) is 17.4. The molecular weight excluding hydrogens is 252 g/mol. The van der Waals surface area contributed by atoms with Crippen LogP contribution in [0, 0.1) is 5.92 Å². The molecule has 4 nitrogen and oxygen atoms in total. The first-order valence-electron chi connectivity index (χ1n) is 7.03. The van der Waals surface area contributed by atoms with E-state index in [0.717, 1.165) is 56.0 Å². The lowest BCUT2D eigenvalue weighted by atomic mass is 9.99. The van der Waals surface area contributed by atoms with Crippen molar-refractivity contribution in [2.24, 2.45) is 5.92 Å². The van der Waals surface area contributed by atoms with Gasteiger partial charge < -0.3 is 9.21 Å². The Balaban J connectivity index is 1.62. The molecule has 2 heterocycles. The second-order valence-electron chi connectivity index (χ2n) is 5.23. The van der Waals surface area contributed by atoms with E-state index in [2.05, 4.69) is 9.88 Å². The van der Waals surface area contributed by atoms with Crippen LogP contribution in [0.3, 0.4) is 0 Å². The third kappa shape index (κ3) is 2.96. The predicted octanol–water partition coefficient (Wildman–Crippen LogP) is 2.75. The van der Waals surface area contributed by atoms with Gasteiger partial charge in [0.2, 0.25) is 5.89 Å². The molecule has 1 aromatic heterocycles. The van der Waals surface area contributed by atoms with Crippen molar-refractivity contribution in [3.63, 3.8) is 0 Å². The fraction of sp³-hybridized carbons (Fsp3) is 0.375. The maximum atomic E-state index is 10.7. The molecule has 20 heavy (non-hydrogen) atoms. The van der Waals surface area contributed by atoms with Gasteiger partial charge in [0, 0.05) is 11.5 Å². The van der Waals surface area contributed by atoms with Crippen LogP contribution in [0.1, 0.15) is 18.7 Å². The summed E-state index contributed by atoms with van der Waals surface area (Å²) < 4.78 is 5.80. The first-order valence-corrected chi connectivity index (χ1v) is 7.03. The Morgan fingerprint density at radius 1 is 1.25 bits per heavy atom. The molecule has 0 bridgehead atoms. The second kappa shape index (κ2) is 6.01. The normalized spacial score (nSPS) is 17.2. The highest BCUT2D eigenvalue weighted by Gasteiger charge is 2.20. The lowest BCUT2D eigenvalue weighted by molar-refractivity contribution is -0.112. The topological polar surface area (TPSA) is 46.3 Å². The monoisotopic (exact) mass is 270 g/mol. The van der Waals surface area contributed by atoms with Gasteiger partial charge in [0.25, 0.3) is 0 Å². The zero-order chi connectivity index (χ0) is 13.8. The highest BCUT2D eigenvalue weighted by atomic mass is 16.4. The zero-order valence-electron chi connectivity index (χ0n) is 11.4. The second-order valence-corrected chi connectivity index (χ2v) is 5.23. The molecule has 104 valence electrons. The van der Waals surface area contributed by atoms with E-state index in [9.17, 15) is 4.79 Å². The molecular formula is C16H18N2O2. The van der Waals surface area contributed by atoms with Crippen LogP contribution in [-0.2, 0) is 11.3 Å². The lowest BCUT2D eigenvalue weighted by Crippen LogP contribution is -2.33. The molecule has 0 amide bonds. The fourth-order valence-electron chi connectivity index (χ4n) is 2.56. The highest BCUT2D eigenvalue weighted by Crippen LogP contribution is 2.22. The summed E-state index contributed by atoms with van der Waals surface area (Å²) in [7, 11) is 0. The number of nitrogens with zero attached hydrogens (tertiary/aromatic N) is 2. The van der Waals surface area contributed by atoms with Crippen LogP contribution in [0.2, 0.25) is 0 Å². The SMILES string of the molecule is O=CC1CCN(Cc2ncc(-c3ccccc3)o2)CC1. The van der Waals surface area contributed by atoms with Gasteiger partial charge in [-0.05, 0) is 25.9 Å². The van der Waals surface area contributed by atoms with E-state index in [1.807, 2.05) is 30.3 Å². The number of aldehydes is 1. The van der Waals surface area contributed by atoms with E-state index in [1.165, 1.54) is 0 Å². The van der Waals surface area contributed by atoms with Crippen LogP contribution < -0.4 is 0 Å². The Morgan fingerprint density at radius 2 is 2.00 bits per heavy atom. The minimum Gasteiger partial charge on any atom is -0.439 e. The minimum absolute atomic E-state index is 0.232. The van der Waals surface area contributed by atoms with Crippen molar-refractivity contribution in [1.29, 1.82) is 0 Å². The molecule has 1 aromatic carbocycles. The molecule has 1 aliphatic rings. The first-order chi connectivity index (χ1) is 9.85. The Labute approximate surface area is 118 Å². The van der Waals surface area contributed by atoms with Gasteiger partial charge in [-0.2, -0.15) is 0 Å². The van der Waals surface area contributed by atoms with Crippen molar-refractivity contribution in [2.75, 3.05) is 13.1 Å². The predicted molar refractivity (Wildman–Crippen MR) is 76.0 cm³/mol. The standard InChI is InChI=1S/C16H18N2O2/c19-12-13-6-8-18(9-7-13)11-16-17-10-15(20-16)14-4-2-1-3-5-14/h1-5,10,12-13H,6-9,11H2. The van der Waals surface area contributed by atoms with Gasteiger partial charge in [0.05, 0.1) is 12.7 Å². The van der Waals surface area contributed by atoms with Gasteiger partial charge in [-0.15, -0.1) is 0 Å². The number of hydrogen-bond donors (Lipinski definition) is 0. The van der Waals surface area contributed by atoms with Crippen molar-refractivity contribution in [2.45, 2.75) is 19.4 Å². The third-order valence-electron chi connectivity index (χ3n) is 3.80. The number of aromatic nitrogens is 1. The number of oxazole rings is 1. The van der Waals surface area contributed by atoms with Crippen molar-refractivity contribution >= 4 is 6.29 Å². The summed E-state index contributed by atoms with van der Waals surface area (Å²) in [5, 5.41) is 0. The third-order valence-corrected chi connectivity index (χ3v) is 3.80. The zero-order valence-corrected chi connectivity index (χ0v) is 11.4. The summed E-state index contributed by atoms with van der Waals surface area (Å²) in [6, 6.07) is 9.99. The largest absolute Gasteiger partial charge is 0.439 e. The molecule has 0 radical (unpaired) electrons. The summed E-state index contributed by atoms with van der Waals surface area (Å²) in [5.41, 5.74) is 1.05. The molecule has 0 spiro atoms. The van der Waals surface area contributed by atoms with Gasteiger partial charge in [0.15, 0.2) is 5.76 Å². The highest BCUT2D eigenvalue weighted by molar-refractivity contribution is 5.55. The summed E-state index contributed by atoms with van der Waals surface area (Å²) in [5.74, 6) is 1.78. The molecule has 3 rings (SSSR count). The van der Waals surface area contributed by atoms with Crippen molar-refractivity contribution in [3.8, 4) is 11.3 Å². The van der Waals surface area contributed by atoms with Gasteiger partial charge in [-0.1, -0.05) is 30.3 Å². The summed E-state index contributed by atoms with van der Waals surface area (Å²) >= 11 is 0. The fourth-order valence-corrected chi connectivity index (χ4v) is 2.56. The molecule has 0 atom stereocenters. The lowest BCUT2D eigenvalue weighted by Gasteiger charge is -2.28. The molecule has 1 saturated heterocycles. The van der Waals surface area contributed by atoms with Crippen molar-refractivity contribution < 1.29 is 9.21 Å². The molecule has 2 aromatic rings. The number of likely N-dealkylation sites (tertiary alicyclic amines) is 1.